The Morgan fingerprint density at radius 3 is 2.39 bits per heavy atom. The highest BCUT2D eigenvalue weighted by Gasteiger charge is 2.16. The number of aliphatic hydroxyl groups is 1. The zero-order chi connectivity index (χ0) is 13.6. The van der Waals surface area contributed by atoms with Crippen LogP contribution in [-0.2, 0) is 14.3 Å². The lowest BCUT2D eigenvalue weighted by Crippen LogP contribution is -2.16. The van der Waals surface area contributed by atoms with Crippen molar-refractivity contribution in [3.05, 3.63) is 35.9 Å². The maximum Gasteiger partial charge on any atom is 0.264 e. The van der Waals surface area contributed by atoms with Gasteiger partial charge in [-0.2, -0.15) is 8.42 Å². The van der Waals surface area contributed by atoms with Gasteiger partial charge in [0.15, 0.2) is 0 Å². The smallest absolute Gasteiger partial charge is 0.264 e. The Morgan fingerprint density at radius 2 is 1.89 bits per heavy atom. The second kappa shape index (κ2) is 6.87. The molecule has 1 aromatic carbocycles. The second-order valence-corrected chi connectivity index (χ2v) is 6.07. The molecular weight excluding hydrogens is 252 g/mol. The maximum absolute atomic E-state index is 10.8. The van der Waals surface area contributed by atoms with E-state index in [0.717, 1.165) is 11.8 Å². The van der Waals surface area contributed by atoms with Gasteiger partial charge < -0.3 is 5.11 Å². The Hall–Kier alpha value is -0.910. The van der Waals surface area contributed by atoms with Crippen molar-refractivity contribution in [1.82, 2.24) is 0 Å². The molecule has 0 aliphatic carbocycles. The molecule has 5 heteroatoms. The first-order valence-corrected chi connectivity index (χ1v) is 7.79. The minimum absolute atomic E-state index is 0.00867. The van der Waals surface area contributed by atoms with E-state index < -0.39 is 16.2 Å². The van der Waals surface area contributed by atoms with E-state index in [2.05, 4.69) is 4.18 Å². The monoisotopic (exact) mass is 272 g/mol. The van der Waals surface area contributed by atoms with Gasteiger partial charge in [-0.1, -0.05) is 30.3 Å². The summed E-state index contributed by atoms with van der Waals surface area (Å²) in [6, 6.07) is 9.72. The summed E-state index contributed by atoms with van der Waals surface area (Å²) in [6.07, 6.45) is 1.86. The molecule has 0 aliphatic heterocycles. The summed E-state index contributed by atoms with van der Waals surface area (Å²) in [6.45, 7) is 1.91. The van der Waals surface area contributed by atoms with Crippen LogP contribution in [0.15, 0.2) is 30.3 Å². The highest BCUT2D eigenvalue weighted by molar-refractivity contribution is 7.85. The van der Waals surface area contributed by atoms with E-state index in [1.54, 1.807) is 6.92 Å². The normalized spacial score (nSPS) is 15.3. The third kappa shape index (κ3) is 5.62. The van der Waals surface area contributed by atoms with Crippen molar-refractivity contribution in [3.8, 4) is 0 Å². The summed E-state index contributed by atoms with van der Waals surface area (Å²) in [4.78, 5) is 0. The number of aliphatic hydroxyl groups excluding tert-OH is 1. The van der Waals surface area contributed by atoms with Crippen LogP contribution >= 0.6 is 0 Å². The average molecular weight is 272 g/mol. The topological polar surface area (TPSA) is 63.6 Å². The van der Waals surface area contributed by atoms with E-state index in [-0.39, 0.29) is 12.5 Å². The molecule has 102 valence electrons. The molecule has 0 aromatic heterocycles. The van der Waals surface area contributed by atoms with Gasteiger partial charge in [-0.05, 0) is 25.3 Å². The molecule has 0 saturated carbocycles. The van der Waals surface area contributed by atoms with Crippen LogP contribution in [0.3, 0.4) is 0 Å². The fourth-order valence-corrected chi connectivity index (χ4v) is 2.32. The van der Waals surface area contributed by atoms with E-state index >= 15 is 0 Å². The van der Waals surface area contributed by atoms with Crippen LogP contribution in [-0.4, -0.2) is 32.5 Å². The lowest BCUT2D eigenvalue weighted by atomic mass is 9.90. The molecule has 0 spiro atoms. The van der Waals surface area contributed by atoms with E-state index in [1.165, 1.54) is 0 Å². The van der Waals surface area contributed by atoms with Crippen LogP contribution in [0.25, 0.3) is 0 Å². The molecule has 2 atom stereocenters. The van der Waals surface area contributed by atoms with Crippen molar-refractivity contribution >= 4 is 10.1 Å². The molecule has 0 saturated heterocycles. The lowest BCUT2D eigenvalue weighted by molar-refractivity contribution is 0.153. The highest BCUT2D eigenvalue weighted by atomic mass is 32.2. The zero-order valence-electron chi connectivity index (χ0n) is 10.7. The lowest BCUT2D eigenvalue weighted by Gasteiger charge is -2.20. The molecule has 4 nitrogen and oxygen atoms in total. The van der Waals surface area contributed by atoms with Crippen molar-refractivity contribution in [2.75, 3.05) is 12.9 Å². The molecule has 0 aliphatic rings. The van der Waals surface area contributed by atoms with Crippen molar-refractivity contribution in [2.24, 2.45) is 0 Å². The van der Waals surface area contributed by atoms with Crippen LogP contribution in [0.2, 0.25) is 0 Å². The summed E-state index contributed by atoms with van der Waals surface area (Å²) in [7, 11) is -3.37. The van der Waals surface area contributed by atoms with Gasteiger partial charge in [0.25, 0.3) is 10.1 Å². The van der Waals surface area contributed by atoms with E-state index in [0.29, 0.717) is 12.8 Å². The largest absolute Gasteiger partial charge is 0.393 e. The highest BCUT2D eigenvalue weighted by Crippen LogP contribution is 2.24. The van der Waals surface area contributed by atoms with Gasteiger partial charge >= 0.3 is 0 Å². The standard InChI is InChI=1S/C13H20O4S/c1-11(14)13(12-7-4-3-5-8-12)9-6-10-17-18(2,15)16/h3-5,7-8,11,13-14H,6,9-10H2,1-2H3. The molecule has 0 heterocycles. The molecule has 0 amide bonds. The molecule has 2 unspecified atom stereocenters. The summed E-state index contributed by atoms with van der Waals surface area (Å²) in [5.41, 5.74) is 1.06. The van der Waals surface area contributed by atoms with Crippen LogP contribution in [0.4, 0.5) is 0 Å². The van der Waals surface area contributed by atoms with Crippen molar-refractivity contribution in [2.45, 2.75) is 31.8 Å². The quantitative estimate of drug-likeness (QED) is 0.608. The van der Waals surface area contributed by atoms with Gasteiger partial charge in [0, 0.05) is 5.92 Å². The Morgan fingerprint density at radius 1 is 1.28 bits per heavy atom. The summed E-state index contributed by atoms with van der Waals surface area (Å²) >= 11 is 0. The zero-order valence-corrected chi connectivity index (χ0v) is 11.6. The van der Waals surface area contributed by atoms with Crippen LogP contribution in [0.1, 0.15) is 31.2 Å². The third-order valence-electron chi connectivity index (χ3n) is 2.77. The number of hydrogen-bond acceptors (Lipinski definition) is 4. The third-order valence-corrected chi connectivity index (χ3v) is 3.36. The van der Waals surface area contributed by atoms with Gasteiger partial charge in [0.05, 0.1) is 19.0 Å². The maximum atomic E-state index is 10.8. The number of benzene rings is 1. The molecule has 1 rings (SSSR count). The van der Waals surface area contributed by atoms with E-state index in [4.69, 9.17) is 0 Å². The molecule has 1 aromatic rings. The number of rotatable bonds is 7. The van der Waals surface area contributed by atoms with Crippen LogP contribution < -0.4 is 0 Å². The fraction of sp³-hybridized carbons (Fsp3) is 0.538. The van der Waals surface area contributed by atoms with Crippen LogP contribution in [0, 0.1) is 0 Å². The molecular formula is C13H20O4S. The molecule has 0 fully saturated rings. The van der Waals surface area contributed by atoms with Gasteiger partial charge in [-0.15, -0.1) is 0 Å². The Balaban J connectivity index is 2.50. The molecule has 0 bridgehead atoms. The van der Waals surface area contributed by atoms with Crippen LogP contribution in [0.5, 0.6) is 0 Å². The fourth-order valence-electron chi connectivity index (χ4n) is 1.90. The van der Waals surface area contributed by atoms with Gasteiger partial charge in [-0.25, -0.2) is 0 Å². The van der Waals surface area contributed by atoms with Gasteiger partial charge in [0.1, 0.15) is 0 Å². The first-order chi connectivity index (χ1) is 8.40. The summed E-state index contributed by atoms with van der Waals surface area (Å²) in [5.74, 6) is 0.00867. The minimum atomic E-state index is -3.37. The first-order valence-electron chi connectivity index (χ1n) is 5.97. The van der Waals surface area contributed by atoms with Crippen molar-refractivity contribution < 1.29 is 17.7 Å². The number of hydrogen-bond donors (Lipinski definition) is 1. The van der Waals surface area contributed by atoms with Crippen molar-refractivity contribution in [3.63, 3.8) is 0 Å². The second-order valence-electron chi connectivity index (χ2n) is 4.43. The summed E-state index contributed by atoms with van der Waals surface area (Å²) < 4.78 is 26.3. The minimum Gasteiger partial charge on any atom is -0.393 e. The molecule has 18 heavy (non-hydrogen) atoms. The van der Waals surface area contributed by atoms with Gasteiger partial charge in [0.2, 0.25) is 0 Å². The predicted molar refractivity (Wildman–Crippen MR) is 70.9 cm³/mol. The molecule has 1 N–H and O–H groups in total. The predicted octanol–water partition coefficient (Wildman–Crippen LogP) is 1.91. The Bertz CT molecular complexity index is 439. The van der Waals surface area contributed by atoms with E-state index in [9.17, 15) is 13.5 Å². The Labute approximate surface area is 109 Å². The SMILES string of the molecule is CC(O)C(CCCOS(C)(=O)=O)c1ccccc1. The summed E-state index contributed by atoms with van der Waals surface area (Å²) in [5, 5.41) is 9.77. The van der Waals surface area contributed by atoms with Gasteiger partial charge in [-0.3, -0.25) is 4.18 Å². The average Bonchev–Trinajstić information content (AvgIpc) is 2.28. The first kappa shape index (κ1) is 15.1. The van der Waals surface area contributed by atoms with E-state index in [1.807, 2.05) is 30.3 Å². The van der Waals surface area contributed by atoms with Crippen molar-refractivity contribution in [1.29, 1.82) is 0 Å². The molecule has 0 radical (unpaired) electrons. The Kier molecular flexibility index (Phi) is 5.78.